The summed E-state index contributed by atoms with van der Waals surface area (Å²) in [6.07, 6.45) is 0. The number of carboxylic acids is 1. The topological polar surface area (TPSA) is 37.3 Å². The zero-order chi connectivity index (χ0) is 9.99. The molecule has 2 nitrogen and oxygen atoms in total. The van der Waals surface area contributed by atoms with Gasteiger partial charge in [-0.15, -0.1) is 0 Å². The van der Waals surface area contributed by atoms with E-state index in [1.807, 2.05) is 0 Å². The first-order chi connectivity index (χ1) is 4.18. The zero-order valence-electron chi connectivity index (χ0n) is 6.07. The third-order valence-corrected chi connectivity index (χ3v) is 0. The van der Waals surface area contributed by atoms with Gasteiger partial charge < -0.3 is 5.11 Å². The molecule has 72 valence electrons. The van der Waals surface area contributed by atoms with Gasteiger partial charge in [0.05, 0.1) is 0 Å². The van der Waals surface area contributed by atoms with E-state index in [0.29, 0.717) is 0 Å². The molecule has 0 rings (SSSR count). The van der Waals surface area contributed by atoms with Crippen molar-refractivity contribution in [2.24, 2.45) is 0 Å². The van der Waals surface area contributed by atoms with Crippen molar-refractivity contribution in [1.82, 2.24) is 0 Å². The number of rotatable bonds is 0. The SMILES string of the molecule is CC(=O)O.F[P-](F)(F)(F)(F)F.[Li+]. The van der Waals surface area contributed by atoms with Crippen molar-refractivity contribution in [2.45, 2.75) is 6.92 Å². The van der Waals surface area contributed by atoms with E-state index in [9.17, 15) is 25.2 Å². The van der Waals surface area contributed by atoms with Crippen LogP contribution in [0.3, 0.4) is 0 Å². The summed E-state index contributed by atoms with van der Waals surface area (Å²) in [6, 6.07) is 0. The summed E-state index contributed by atoms with van der Waals surface area (Å²) in [5, 5.41) is 7.42. The number of carboxylic acid groups (broad SMARTS) is 1. The Balaban J connectivity index is -0.000000142. The van der Waals surface area contributed by atoms with Crippen LogP contribution < -0.4 is 18.9 Å². The molecule has 1 N–H and O–H groups in total. The Morgan fingerprint density at radius 3 is 1.08 bits per heavy atom. The first-order valence-electron chi connectivity index (χ1n) is 1.94. The van der Waals surface area contributed by atoms with Gasteiger partial charge in [0.25, 0.3) is 5.97 Å². The van der Waals surface area contributed by atoms with Gasteiger partial charge in [0, 0.05) is 6.92 Å². The normalized spacial score (nSPS) is 15.6. The summed E-state index contributed by atoms with van der Waals surface area (Å²) in [6.45, 7) is 1.08. The second-order valence-corrected chi connectivity index (χ2v) is 3.39. The van der Waals surface area contributed by atoms with Crippen molar-refractivity contribution in [3.05, 3.63) is 0 Å². The van der Waals surface area contributed by atoms with Crippen LogP contribution in [0.4, 0.5) is 25.2 Å². The van der Waals surface area contributed by atoms with E-state index in [1.165, 1.54) is 0 Å². The molecule has 0 aromatic carbocycles. The summed E-state index contributed by atoms with van der Waals surface area (Å²) in [5.41, 5.74) is 0. The van der Waals surface area contributed by atoms with Crippen LogP contribution in [0.5, 0.6) is 0 Å². The zero-order valence-corrected chi connectivity index (χ0v) is 6.96. The van der Waals surface area contributed by atoms with Gasteiger partial charge in [0.2, 0.25) is 0 Å². The van der Waals surface area contributed by atoms with Crippen molar-refractivity contribution < 1.29 is 53.9 Å². The van der Waals surface area contributed by atoms with Crippen LogP contribution in [0.25, 0.3) is 0 Å². The van der Waals surface area contributed by atoms with Crippen molar-refractivity contribution in [1.29, 1.82) is 0 Å². The molecule has 0 aliphatic heterocycles. The maximum absolute atomic E-state index is 10.7. The Hall–Kier alpha value is 0.0774. The van der Waals surface area contributed by atoms with Gasteiger partial charge in [-0.3, -0.25) is 4.79 Å². The Morgan fingerprint density at radius 2 is 1.08 bits per heavy atom. The van der Waals surface area contributed by atoms with E-state index in [-0.39, 0.29) is 18.9 Å². The van der Waals surface area contributed by atoms with E-state index in [4.69, 9.17) is 9.90 Å². The minimum absolute atomic E-state index is 0. The first kappa shape index (κ1) is 18.0. The molecule has 0 aliphatic rings. The minimum Gasteiger partial charge on any atom is 1.00 e. The number of hydrogen-bond acceptors (Lipinski definition) is 1. The van der Waals surface area contributed by atoms with E-state index in [2.05, 4.69) is 0 Å². The van der Waals surface area contributed by atoms with Crippen LogP contribution in [0, 0.1) is 0 Å². The minimum atomic E-state index is -10.7. The van der Waals surface area contributed by atoms with Crippen LogP contribution in [-0.2, 0) is 4.79 Å². The van der Waals surface area contributed by atoms with E-state index in [1.54, 1.807) is 0 Å². The van der Waals surface area contributed by atoms with E-state index in [0.717, 1.165) is 6.92 Å². The van der Waals surface area contributed by atoms with Crippen LogP contribution in [-0.4, -0.2) is 11.1 Å². The second-order valence-electron chi connectivity index (χ2n) is 1.48. The molecule has 0 aliphatic carbocycles. The van der Waals surface area contributed by atoms with Gasteiger partial charge in [0.15, 0.2) is 0 Å². The molecule has 12 heavy (non-hydrogen) atoms. The summed E-state index contributed by atoms with van der Waals surface area (Å²) in [7, 11) is -10.7. The molecular weight excluding hydrogens is 208 g/mol. The molecule has 0 aromatic heterocycles. The molecule has 0 aromatic rings. The smallest absolute Gasteiger partial charge is 1.00 e. The Labute approximate surface area is 75.3 Å². The molecule has 0 bridgehead atoms. The standard InChI is InChI=1S/C2H4O2.F6P.Li/c1-2(3)4;1-7(2,3,4,5)6;/h1H3,(H,3,4);;/q;-1;+1. The maximum atomic E-state index is 9.87. The number of carbonyl (C=O) groups is 1. The van der Waals surface area contributed by atoms with Crippen molar-refractivity contribution in [2.75, 3.05) is 0 Å². The predicted molar refractivity (Wildman–Crippen MR) is 26.9 cm³/mol. The third-order valence-electron chi connectivity index (χ3n) is 0. The molecular formula is C2H4F6LiO2P. The van der Waals surface area contributed by atoms with E-state index < -0.39 is 13.8 Å². The number of hydrogen-bond donors (Lipinski definition) is 1. The fraction of sp³-hybridized carbons (Fsp3) is 0.500. The summed E-state index contributed by atoms with van der Waals surface area (Å²) >= 11 is 0. The summed E-state index contributed by atoms with van der Waals surface area (Å²) < 4.78 is 59.2. The van der Waals surface area contributed by atoms with Gasteiger partial charge in [-0.05, 0) is 0 Å². The molecule has 0 radical (unpaired) electrons. The summed E-state index contributed by atoms with van der Waals surface area (Å²) in [4.78, 5) is 9.00. The summed E-state index contributed by atoms with van der Waals surface area (Å²) in [5.74, 6) is -0.833. The quantitative estimate of drug-likeness (QED) is 0.360. The first-order valence-corrected chi connectivity index (χ1v) is 3.97. The third kappa shape index (κ3) is 139000. The average Bonchev–Trinajstić information content (AvgIpc) is 1.11. The number of aliphatic carboxylic acids is 1. The average molecular weight is 212 g/mol. The molecule has 10 heteroatoms. The van der Waals surface area contributed by atoms with Gasteiger partial charge in [-0.2, -0.15) is 0 Å². The van der Waals surface area contributed by atoms with Gasteiger partial charge in [-0.25, -0.2) is 0 Å². The Bertz CT molecular complexity index is 141. The second kappa shape index (κ2) is 3.44. The maximum Gasteiger partial charge on any atom is 1.00 e. The van der Waals surface area contributed by atoms with Crippen molar-refractivity contribution in [3.8, 4) is 0 Å². The fourth-order valence-corrected chi connectivity index (χ4v) is 0. The van der Waals surface area contributed by atoms with Crippen molar-refractivity contribution >= 4 is 13.8 Å². The molecule has 0 saturated carbocycles. The van der Waals surface area contributed by atoms with Gasteiger partial charge in [-0.1, -0.05) is 0 Å². The van der Waals surface area contributed by atoms with Crippen LogP contribution in [0.15, 0.2) is 0 Å². The van der Waals surface area contributed by atoms with Gasteiger partial charge in [0.1, 0.15) is 0 Å². The molecule has 0 heterocycles. The largest absolute Gasteiger partial charge is 1.00 e. The Morgan fingerprint density at radius 1 is 1.08 bits per heavy atom. The van der Waals surface area contributed by atoms with Crippen LogP contribution in [0.2, 0.25) is 0 Å². The molecule has 0 fully saturated rings. The molecule has 0 spiro atoms. The fourth-order valence-electron chi connectivity index (χ4n) is 0. The molecule has 0 amide bonds. The molecule has 0 unspecified atom stereocenters. The van der Waals surface area contributed by atoms with Gasteiger partial charge >= 0.3 is 51.9 Å². The van der Waals surface area contributed by atoms with E-state index >= 15 is 0 Å². The monoisotopic (exact) mass is 212 g/mol. The molecule has 0 saturated heterocycles. The van der Waals surface area contributed by atoms with Crippen LogP contribution >= 0.6 is 7.81 Å². The Kier molecular flexibility index (Phi) is 5.16. The van der Waals surface area contributed by atoms with Crippen molar-refractivity contribution in [3.63, 3.8) is 0 Å². The predicted octanol–water partition coefficient (Wildman–Crippen LogP) is 0.477. The number of halogens is 6. The van der Waals surface area contributed by atoms with Crippen LogP contribution in [0.1, 0.15) is 6.92 Å². The molecule has 0 atom stereocenters.